The lowest BCUT2D eigenvalue weighted by Gasteiger charge is -2.25. The molecule has 0 saturated heterocycles. The van der Waals surface area contributed by atoms with Gasteiger partial charge >= 0.3 is 0 Å². The van der Waals surface area contributed by atoms with Gasteiger partial charge in [-0.2, -0.15) is 0 Å². The Bertz CT molecular complexity index is 854. The molecule has 2 aromatic rings. The molecule has 148 valence electrons. The molecule has 0 unspecified atom stereocenters. The van der Waals surface area contributed by atoms with Gasteiger partial charge in [0.05, 0.1) is 11.5 Å². The fourth-order valence-corrected chi connectivity index (χ4v) is 2.78. The third-order valence-electron chi connectivity index (χ3n) is 4.27. The molecule has 0 bridgehead atoms. The molecule has 0 aliphatic carbocycles. The number of non-ortho nitro benzene ring substituents is 1. The summed E-state index contributed by atoms with van der Waals surface area (Å²) in [7, 11) is 0. The fourth-order valence-electron chi connectivity index (χ4n) is 2.78. The van der Waals surface area contributed by atoms with Gasteiger partial charge in [0.2, 0.25) is 5.91 Å². The van der Waals surface area contributed by atoms with Crippen molar-refractivity contribution < 1.29 is 14.5 Å². The maximum Gasteiger partial charge on any atom is 0.270 e. The predicted octanol–water partition coefficient (Wildman–Crippen LogP) is 2.28. The van der Waals surface area contributed by atoms with E-state index in [1.54, 1.807) is 0 Å². The number of hydrogen-bond donors (Lipinski definition) is 2. The van der Waals surface area contributed by atoms with Gasteiger partial charge in [0, 0.05) is 43.0 Å². The molecule has 0 aliphatic rings. The fraction of sp³-hybridized carbons (Fsp3) is 0.300. The standard InChI is InChI=1S/C20H24N4O4/c1-3-23(18-10-5-4-7-15(18)2)12-11-21-19(25)14-22-20(26)16-8-6-9-17(13-16)24(27)28/h4-10,13H,3,11-12,14H2,1-2H3,(H,21,25)(H,22,26). The van der Waals surface area contributed by atoms with Crippen LogP contribution in [0.25, 0.3) is 0 Å². The molecule has 28 heavy (non-hydrogen) atoms. The summed E-state index contributed by atoms with van der Waals surface area (Å²) in [6.07, 6.45) is 0. The number of rotatable bonds is 9. The molecule has 0 heterocycles. The number of anilines is 1. The summed E-state index contributed by atoms with van der Waals surface area (Å²) < 4.78 is 0. The highest BCUT2D eigenvalue weighted by molar-refractivity contribution is 5.96. The summed E-state index contributed by atoms with van der Waals surface area (Å²) in [6, 6.07) is 13.4. The van der Waals surface area contributed by atoms with E-state index in [0.717, 1.165) is 12.2 Å². The molecule has 2 N–H and O–H groups in total. The van der Waals surface area contributed by atoms with E-state index >= 15 is 0 Å². The minimum atomic E-state index is -0.572. The predicted molar refractivity (Wildman–Crippen MR) is 108 cm³/mol. The molecule has 0 aliphatic heterocycles. The van der Waals surface area contributed by atoms with Gasteiger partial charge in [-0.15, -0.1) is 0 Å². The van der Waals surface area contributed by atoms with Crippen LogP contribution in [0.2, 0.25) is 0 Å². The van der Waals surface area contributed by atoms with Crippen LogP contribution in [0, 0.1) is 17.0 Å². The number of nitrogens with zero attached hydrogens (tertiary/aromatic N) is 2. The van der Waals surface area contributed by atoms with Crippen molar-refractivity contribution >= 4 is 23.2 Å². The molecule has 8 heteroatoms. The van der Waals surface area contributed by atoms with Gasteiger partial charge in [-0.25, -0.2) is 0 Å². The minimum Gasteiger partial charge on any atom is -0.370 e. The maximum absolute atomic E-state index is 12.1. The first-order valence-electron chi connectivity index (χ1n) is 9.02. The first-order chi connectivity index (χ1) is 13.4. The second kappa shape index (κ2) is 10.1. The van der Waals surface area contributed by atoms with Crippen molar-refractivity contribution in [2.24, 2.45) is 0 Å². The third-order valence-corrected chi connectivity index (χ3v) is 4.27. The number of nitrogens with one attached hydrogen (secondary N) is 2. The Kier molecular flexibility index (Phi) is 7.50. The summed E-state index contributed by atoms with van der Waals surface area (Å²) >= 11 is 0. The van der Waals surface area contributed by atoms with Gasteiger partial charge in [0.1, 0.15) is 0 Å². The number of para-hydroxylation sites is 1. The molecule has 2 amide bonds. The van der Waals surface area contributed by atoms with E-state index in [1.807, 2.05) is 38.1 Å². The van der Waals surface area contributed by atoms with Gasteiger partial charge in [-0.3, -0.25) is 19.7 Å². The molecule has 0 radical (unpaired) electrons. The van der Waals surface area contributed by atoms with Gasteiger partial charge in [-0.05, 0) is 31.5 Å². The van der Waals surface area contributed by atoms with E-state index in [0.29, 0.717) is 13.1 Å². The Morgan fingerprint density at radius 1 is 1.11 bits per heavy atom. The SMILES string of the molecule is CCN(CCNC(=O)CNC(=O)c1cccc([N+](=O)[O-])c1)c1ccccc1C. The van der Waals surface area contributed by atoms with Gasteiger partial charge in [-0.1, -0.05) is 24.3 Å². The zero-order valence-corrected chi connectivity index (χ0v) is 16.0. The quantitative estimate of drug-likeness (QED) is 0.510. The van der Waals surface area contributed by atoms with Crippen LogP contribution >= 0.6 is 0 Å². The largest absolute Gasteiger partial charge is 0.370 e. The molecule has 0 atom stereocenters. The van der Waals surface area contributed by atoms with Crippen molar-refractivity contribution in [2.45, 2.75) is 13.8 Å². The Hall–Kier alpha value is -3.42. The highest BCUT2D eigenvalue weighted by Crippen LogP contribution is 2.18. The lowest BCUT2D eigenvalue weighted by molar-refractivity contribution is -0.384. The van der Waals surface area contributed by atoms with Crippen LogP contribution in [0.1, 0.15) is 22.8 Å². The highest BCUT2D eigenvalue weighted by Gasteiger charge is 2.13. The number of aryl methyl sites for hydroxylation is 1. The summed E-state index contributed by atoms with van der Waals surface area (Å²) in [4.78, 5) is 36.4. The zero-order valence-electron chi connectivity index (χ0n) is 16.0. The van der Waals surface area contributed by atoms with E-state index in [2.05, 4.69) is 15.5 Å². The van der Waals surface area contributed by atoms with Crippen LogP contribution in [-0.2, 0) is 4.79 Å². The Morgan fingerprint density at radius 3 is 2.54 bits per heavy atom. The monoisotopic (exact) mass is 384 g/mol. The Balaban J connectivity index is 1.79. The van der Waals surface area contributed by atoms with Gasteiger partial charge in [0.15, 0.2) is 0 Å². The number of nitro groups is 1. The van der Waals surface area contributed by atoms with Gasteiger partial charge < -0.3 is 15.5 Å². The minimum absolute atomic E-state index is 0.138. The normalized spacial score (nSPS) is 10.2. The average molecular weight is 384 g/mol. The van der Waals surface area contributed by atoms with Crippen molar-refractivity contribution in [3.05, 3.63) is 69.8 Å². The van der Waals surface area contributed by atoms with E-state index < -0.39 is 10.8 Å². The number of likely N-dealkylation sites (N-methyl/N-ethyl adjacent to an activating group) is 1. The lowest BCUT2D eigenvalue weighted by atomic mass is 10.2. The molecule has 2 rings (SSSR count). The van der Waals surface area contributed by atoms with Crippen LogP contribution < -0.4 is 15.5 Å². The summed E-state index contributed by atoms with van der Waals surface area (Å²) in [6.45, 7) is 5.79. The molecule has 0 fully saturated rings. The topological polar surface area (TPSA) is 105 Å². The average Bonchev–Trinajstić information content (AvgIpc) is 2.70. The van der Waals surface area contributed by atoms with Crippen LogP contribution in [-0.4, -0.2) is 42.9 Å². The smallest absolute Gasteiger partial charge is 0.270 e. The second-order valence-corrected chi connectivity index (χ2v) is 6.21. The Labute approximate surface area is 163 Å². The molecule has 0 aromatic heterocycles. The third kappa shape index (κ3) is 5.80. The van der Waals surface area contributed by atoms with Crippen molar-refractivity contribution in [3.8, 4) is 0 Å². The van der Waals surface area contributed by atoms with E-state index in [4.69, 9.17) is 0 Å². The molecular weight excluding hydrogens is 360 g/mol. The van der Waals surface area contributed by atoms with Crippen LogP contribution in [0.3, 0.4) is 0 Å². The Morgan fingerprint density at radius 2 is 1.86 bits per heavy atom. The maximum atomic E-state index is 12.1. The van der Waals surface area contributed by atoms with E-state index in [1.165, 1.54) is 29.8 Å². The van der Waals surface area contributed by atoms with Crippen LogP contribution in [0.4, 0.5) is 11.4 Å². The number of hydrogen-bond acceptors (Lipinski definition) is 5. The molecule has 0 spiro atoms. The highest BCUT2D eigenvalue weighted by atomic mass is 16.6. The first-order valence-corrected chi connectivity index (χ1v) is 9.02. The second-order valence-electron chi connectivity index (χ2n) is 6.21. The molecule has 2 aromatic carbocycles. The van der Waals surface area contributed by atoms with Crippen molar-refractivity contribution in [3.63, 3.8) is 0 Å². The summed E-state index contributed by atoms with van der Waals surface area (Å²) in [5, 5.41) is 16.0. The number of benzene rings is 2. The van der Waals surface area contributed by atoms with Crippen molar-refractivity contribution in [2.75, 3.05) is 31.1 Å². The summed E-state index contributed by atoms with van der Waals surface area (Å²) in [5.74, 6) is -0.853. The van der Waals surface area contributed by atoms with Crippen LogP contribution in [0.5, 0.6) is 0 Å². The zero-order chi connectivity index (χ0) is 20.5. The number of carbonyl (C=O) groups is 2. The molecule has 8 nitrogen and oxygen atoms in total. The number of carbonyl (C=O) groups excluding carboxylic acids is 2. The summed E-state index contributed by atoms with van der Waals surface area (Å²) in [5.41, 5.74) is 2.25. The van der Waals surface area contributed by atoms with E-state index in [-0.39, 0.29) is 23.7 Å². The van der Waals surface area contributed by atoms with Gasteiger partial charge in [0.25, 0.3) is 11.6 Å². The lowest BCUT2D eigenvalue weighted by Crippen LogP contribution is -2.40. The van der Waals surface area contributed by atoms with Crippen molar-refractivity contribution in [1.29, 1.82) is 0 Å². The van der Waals surface area contributed by atoms with Crippen LogP contribution in [0.15, 0.2) is 48.5 Å². The van der Waals surface area contributed by atoms with Crippen molar-refractivity contribution in [1.82, 2.24) is 10.6 Å². The number of amides is 2. The molecular formula is C20H24N4O4. The first kappa shape index (κ1) is 20.9. The molecule has 0 saturated carbocycles. The number of nitro benzene ring substituents is 1. The van der Waals surface area contributed by atoms with E-state index in [9.17, 15) is 19.7 Å².